The lowest BCUT2D eigenvalue weighted by Crippen LogP contribution is -2.60. The Morgan fingerprint density at radius 3 is 2.68 bits per heavy atom. The fourth-order valence-electron chi connectivity index (χ4n) is 6.75. The van der Waals surface area contributed by atoms with Crippen molar-refractivity contribution in [2.24, 2.45) is 17.3 Å². The van der Waals surface area contributed by atoms with Crippen LogP contribution in [-0.2, 0) is 13.0 Å². The molecule has 5 heteroatoms. The maximum Gasteiger partial charge on any atom is 0.133 e. The molecule has 1 aromatic heterocycles. The predicted octanol–water partition coefficient (Wildman–Crippen LogP) is 2.56. The van der Waals surface area contributed by atoms with E-state index in [0.717, 1.165) is 67.9 Å². The Balaban J connectivity index is 1.44. The molecule has 4 saturated carbocycles. The van der Waals surface area contributed by atoms with Crippen molar-refractivity contribution in [2.45, 2.75) is 77.0 Å². The smallest absolute Gasteiger partial charge is 0.133 e. The molecule has 0 amide bonds. The van der Waals surface area contributed by atoms with E-state index >= 15 is 0 Å². The van der Waals surface area contributed by atoms with E-state index in [0.29, 0.717) is 6.04 Å². The second kappa shape index (κ2) is 5.40. The summed E-state index contributed by atoms with van der Waals surface area (Å²) in [6, 6.07) is 0.346. The maximum absolute atomic E-state index is 11.1. The third-order valence-electron chi connectivity index (χ3n) is 7.40. The van der Waals surface area contributed by atoms with Crippen molar-refractivity contribution in [2.75, 3.05) is 11.9 Å². The molecule has 5 nitrogen and oxygen atoms in total. The van der Waals surface area contributed by atoms with E-state index in [2.05, 4.69) is 22.5 Å². The Labute approximate surface area is 150 Å². The molecule has 1 aromatic rings. The highest BCUT2D eigenvalue weighted by molar-refractivity contribution is 5.49. The van der Waals surface area contributed by atoms with Crippen LogP contribution in [0.25, 0.3) is 0 Å². The summed E-state index contributed by atoms with van der Waals surface area (Å²) in [5.41, 5.74) is 2.28. The predicted molar refractivity (Wildman–Crippen MR) is 97.3 cm³/mol. The molecule has 6 rings (SSSR count). The molecular formula is C20H30N4O. The molecule has 3 atom stereocenters. The Hall–Kier alpha value is -1.20. The van der Waals surface area contributed by atoms with Gasteiger partial charge in [0.15, 0.2) is 0 Å². The first-order chi connectivity index (χ1) is 11.9. The van der Waals surface area contributed by atoms with Crippen LogP contribution >= 0.6 is 0 Å². The van der Waals surface area contributed by atoms with E-state index in [1.165, 1.54) is 24.8 Å². The lowest BCUT2D eigenvalue weighted by Gasteiger charge is -2.62. The molecule has 1 aliphatic heterocycles. The summed E-state index contributed by atoms with van der Waals surface area (Å²) in [4.78, 5) is 9.39. The number of hydrogen-bond donors (Lipinski definition) is 3. The highest BCUT2D eigenvalue weighted by atomic mass is 16.3. The van der Waals surface area contributed by atoms with Crippen LogP contribution in [-0.4, -0.2) is 33.3 Å². The van der Waals surface area contributed by atoms with Crippen molar-refractivity contribution in [3.8, 4) is 0 Å². The van der Waals surface area contributed by atoms with E-state index in [1.54, 1.807) is 0 Å². The first-order valence-electron chi connectivity index (χ1n) is 10.0. The number of rotatable bonds is 3. The maximum atomic E-state index is 11.1. The third kappa shape index (κ3) is 2.58. The molecule has 4 bridgehead atoms. The SMILES string of the molecule is Cc1nc2c(c(NC(C)C34CC5CC(CC(O)(C5)C3)C4)n1)CCNC2. The molecule has 0 spiro atoms. The topological polar surface area (TPSA) is 70.1 Å². The standard InChI is InChI=1S/C20H30N4O/c1-12(19-6-14-5-15(7-19)9-20(25,8-14)11-19)22-18-16-3-4-21-10-17(16)23-13(2)24-18/h12,14-15,21,25H,3-11H2,1-2H3,(H,22,23,24). The van der Waals surface area contributed by atoms with E-state index in [-0.39, 0.29) is 5.41 Å². The minimum Gasteiger partial charge on any atom is -0.390 e. The molecule has 25 heavy (non-hydrogen) atoms. The molecular weight excluding hydrogens is 312 g/mol. The Morgan fingerprint density at radius 2 is 1.96 bits per heavy atom. The van der Waals surface area contributed by atoms with Crippen LogP contribution in [0.2, 0.25) is 0 Å². The van der Waals surface area contributed by atoms with Crippen molar-refractivity contribution in [3.05, 3.63) is 17.1 Å². The summed E-state index contributed by atoms with van der Waals surface area (Å²) in [6.07, 6.45) is 7.91. The van der Waals surface area contributed by atoms with Crippen molar-refractivity contribution in [1.29, 1.82) is 0 Å². The molecule has 5 aliphatic rings. The van der Waals surface area contributed by atoms with E-state index in [1.807, 2.05) is 6.92 Å². The van der Waals surface area contributed by atoms with Gasteiger partial charge in [0.25, 0.3) is 0 Å². The normalized spacial score (nSPS) is 40.0. The number of aliphatic hydroxyl groups is 1. The summed E-state index contributed by atoms with van der Waals surface area (Å²) in [5.74, 6) is 3.34. The van der Waals surface area contributed by atoms with Crippen LogP contribution in [0.15, 0.2) is 0 Å². The number of aromatic nitrogens is 2. The van der Waals surface area contributed by atoms with Gasteiger partial charge in [-0.25, -0.2) is 9.97 Å². The van der Waals surface area contributed by atoms with Crippen LogP contribution in [0, 0.1) is 24.2 Å². The number of nitrogens with one attached hydrogen (secondary N) is 2. The van der Waals surface area contributed by atoms with Gasteiger partial charge in [-0.3, -0.25) is 0 Å². The molecule has 0 aromatic carbocycles. The Kier molecular flexibility index (Phi) is 3.46. The quantitative estimate of drug-likeness (QED) is 0.787. The van der Waals surface area contributed by atoms with Gasteiger partial charge in [-0.2, -0.15) is 0 Å². The Morgan fingerprint density at radius 1 is 1.20 bits per heavy atom. The number of hydrogen-bond acceptors (Lipinski definition) is 5. The molecule has 4 fully saturated rings. The van der Waals surface area contributed by atoms with Gasteiger partial charge in [0.2, 0.25) is 0 Å². The van der Waals surface area contributed by atoms with Gasteiger partial charge in [0.1, 0.15) is 11.6 Å². The molecule has 4 aliphatic carbocycles. The van der Waals surface area contributed by atoms with Gasteiger partial charge in [0, 0.05) is 18.2 Å². The van der Waals surface area contributed by atoms with Gasteiger partial charge in [-0.1, -0.05) is 0 Å². The van der Waals surface area contributed by atoms with Crippen LogP contribution in [0.4, 0.5) is 5.82 Å². The fraction of sp³-hybridized carbons (Fsp3) is 0.800. The monoisotopic (exact) mass is 342 g/mol. The molecule has 3 N–H and O–H groups in total. The van der Waals surface area contributed by atoms with E-state index < -0.39 is 5.60 Å². The average Bonchev–Trinajstić information content (AvgIpc) is 2.52. The van der Waals surface area contributed by atoms with Gasteiger partial charge in [-0.15, -0.1) is 0 Å². The lowest BCUT2D eigenvalue weighted by atomic mass is 9.46. The molecule has 3 unspecified atom stereocenters. The summed E-state index contributed by atoms with van der Waals surface area (Å²) in [7, 11) is 0. The molecule has 2 heterocycles. The van der Waals surface area contributed by atoms with Gasteiger partial charge in [0.05, 0.1) is 11.3 Å². The summed E-state index contributed by atoms with van der Waals surface area (Å²) >= 11 is 0. The number of nitrogens with zero attached hydrogens (tertiary/aromatic N) is 2. The zero-order chi connectivity index (χ0) is 17.2. The number of aryl methyl sites for hydroxylation is 1. The van der Waals surface area contributed by atoms with Crippen molar-refractivity contribution < 1.29 is 5.11 Å². The highest BCUT2D eigenvalue weighted by Gasteiger charge is 2.58. The van der Waals surface area contributed by atoms with Crippen molar-refractivity contribution >= 4 is 5.82 Å². The Bertz CT molecular complexity index is 689. The third-order valence-corrected chi connectivity index (χ3v) is 7.40. The second-order valence-electron chi connectivity index (χ2n) is 9.39. The molecule has 0 radical (unpaired) electrons. The van der Waals surface area contributed by atoms with E-state index in [4.69, 9.17) is 4.98 Å². The summed E-state index contributed by atoms with van der Waals surface area (Å²) in [6.45, 7) is 6.15. The lowest BCUT2D eigenvalue weighted by molar-refractivity contribution is -0.167. The van der Waals surface area contributed by atoms with Crippen molar-refractivity contribution in [1.82, 2.24) is 15.3 Å². The van der Waals surface area contributed by atoms with Crippen molar-refractivity contribution in [3.63, 3.8) is 0 Å². The average molecular weight is 342 g/mol. The largest absolute Gasteiger partial charge is 0.390 e. The zero-order valence-electron chi connectivity index (χ0n) is 15.4. The first kappa shape index (κ1) is 16.0. The first-order valence-corrected chi connectivity index (χ1v) is 10.0. The summed E-state index contributed by atoms with van der Waals surface area (Å²) in [5, 5.41) is 18.3. The minimum absolute atomic E-state index is 0.234. The molecule has 0 saturated heterocycles. The molecule has 136 valence electrons. The van der Waals surface area contributed by atoms with Gasteiger partial charge in [-0.05, 0) is 82.6 Å². The van der Waals surface area contributed by atoms with Crippen LogP contribution in [0.1, 0.15) is 62.5 Å². The highest BCUT2D eigenvalue weighted by Crippen LogP contribution is 2.63. The minimum atomic E-state index is -0.398. The van der Waals surface area contributed by atoms with Gasteiger partial charge < -0.3 is 15.7 Å². The van der Waals surface area contributed by atoms with Crippen LogP contribution < -0.4 is 10.6 Å². The number of fused-ring (bicyclic) bond motifs is 1. The fourth-order valence-corrected chi connectivity index (χ4v) is 6.75. The second-order valence-corrected chi connectivity index (χ2v) is 9.39. The number of anilines is 1. The van der Waals surface area contributed by atoms with E-state index in [9.17, 15) is 5.11 Å². The van der Waals surface area contributed by atoms with Crippen LogP contribution in [0.3, 0.4) is 0 Å². The summed E-state index contributed by atoms with van der Waals surface area (Å²) < 4.78 is 0. The zero-order valence-corrected chi connectivity index (χ0v) is 15.4. The van der Waals surface area contributed by atoms with Gasteiger partial charge >= 0.3 is 0 Å². The van der Waals surface area contributed by atoms with Crippen LogP contribution in [0.5, 0.6) is 0 Å².